The van der Waals surface area contributed by atoms with Gasteiger partial charge in [-0.15, -0.1) is 0 Å². The summed E-state index contributed by atoms with van der Waals surface area (Å²) in [6.45, 7) is 0.885. The Balaban J connectivity index is 2.06. The van der Waals surface area contributed by atoms with Gasteiger partial charge in [-0.25, -0.2) is 8.42 Å². The zero-order chi connectivity index (χ0) is 15.3. The summed E-state index contributed by atoms with van der Waals surface area (Å²) in [5.74, 6) is 0.863. The average Bonchev–Trinajstić information content (AvgIpc) is 2.84. The number of benzene rings is 1. The van der Waals surface area contributed by atoms with Gasteiger partial charge in [0.2, 0.25) is 0 Å². The quantitative estimate of drug-likeness (QED) is 0.778. The van der Waals surface area contributed by atoms with Crippen molar-refractivity contribution >= 4 is 15.8 Å². The molecule has 0 aliphatic rings. The molecule has 0 aliphatic carbocycles. The van der Waals surface area contributed by atoms with E-state index in [4.69, 9.17) is 9.47 Å². The predicted molar refractivity (Wildman–Crippen MR) is 77.8 cm³/mol. The maximum absolute atomic E-state index is 12.2. The van der Waals surface area contributed by atoms with Gasteiger partial charge in [-0.2, -0.15) is 5.10 Å². The minimum atomic E-state index is -3.65. The van der Waals surface area contributed by atoms with E-state index < -0.39 is 10.0 Å². The Morgan fingerprint density at radius 3 is 2.48 bits per heavy atom. The molecule has 21 heavy (non-hydrogen) atoms. The number of hydrogen-bond acceptors (Lipinski definition) is 5. The molecular weight excluding hydrogens is 294 g/mol. The highest BCUT2D eigenvalue weighted by Crippen LogP contribution is 2.18. The molecule has 2 rings (SSSR count). The lowest BCUT2D eigenvalue weighted by Gasteiger charge is -2.08. The van der Waals surface area contributed by atoms with Gasteiger partial charge in [-0.1, -0.05) is 0 Å². The Bertz CT molecular complexity index is 680. The minimum absolute atomic E-state index is 0.146. The lowest BCUT2D eigenvalue weighted by atomic mass is 10.3. The highest BCUT2D eigenvalue weighted by atomic mass is 32.2. The summed E-state index contributed by atoms with van der Waals surface area (Å²) in [5, 5.41) is 3.98. The molecule has 0 unspecified atom stereocenters. The minimum Gasteiger partial charge on any atom is -0.491 e. The second-order valence-electron chi connectivity index (χ2n) is 4.29. The zero-order valence-corrected chi connectivity index (χ0v) is 12.6. The first kappa shape index (κ1) is 15.3. The van der Waals surface area contributed by atoms with Crippen LogP contribution in [0.1, 0.15) is 0 Å². The van der Waals surface area contributed by atoms with Crippen molar-refractivity contribution in [2.75, 3.05) is 25.0 Å². The normalized spacial score (nSPS) is 11.3. The summed E-state index contributed by atoms with van der Waals surface area (Å²) < 4.78 is 38.5. The summed E-state index contributed by atoms with van der Waals surface area (Å²) in [7, 11) is -0.350. The summed E-state index contributed by atoms with van der Waals surface area (Å²) in [6, 6.07) is 7.74. The number of ether oxygens (including phenoxy) is 2. The molecule has 114 valence electrons. The molecule has 0 amide bonds. The Labute approximate surface area is 123 Å². The molecule has 1 heterocycles. The highest BCUT2D eigenvalue weighted by Gasteiger charge is 2.15. The van der Waals surface area contributed by atoms with E-state index >= 15 is 0 Å². The summed E-state index contributed by atoms with van der Waals surface area (Å²) in [4.78, 5) is 0.146. The van der Waals surface area contributed by atoms with Crippen molar-refractivity contribution in [2.24, 2.45) is 7.05 Å². The van der Waals surface area contributed by atoms with Gasteiger partial charge in [0.05, 0.1) is 11.5 Å². The van der Waals surface area contributed by atoms with Crippen LogP contribution in [-0.2, 0) is 21.8 Å². The van der Waals surface area contributed by atoms with Crippen molar-refractivity contribution in [3.63, 3.8) is 0 Å². The Morgan fingerprint density at radius 1 is 1.19 bits per heavy atom. The molecule has 0 fully saturated rings. The van der Waals surface area contributed by atoms with E-state index in [1.54, 1.807) is 38.6 Å². The maximum atomic E-state index is 12.2. The number of sulfonamides is 1. The van der Waals surface area contributed by atoms with Crippen LogP contribution in [-0.4, -0.2) is 38.5 Å². The largest absolute Gasteiger partial charge is 0.491 e. The SMILES string of the molecule is COCCOc1ccc(S(=O)(=O)Nc2ccn(C)n2)cc1. The molecule has 0 radical (unpaired) electrons. The predicted octanol–water partition coefficient (Wildman–Crippen LogP) is 1.25. The molecule has 0 saturated carbocycles. The topological polar surface area (TPSA) is 82.5 Å². The zero-order valence-electron chi connectivity index (χ0n) is 11.8. The van der Waals surface area contributed by atoms with E-state index in [0.717, 1.165) is 0 Å². The fraction of sp³-hybridized carbons (Fsp3) is 0.308. The van der Waals surface area contributed by atoms with Crippen LogP contribution in [0.2, 0.25) is 0 Å². The van der Waals surface area contributed by atoms with Gasteiger partial charge in [0, 0.05) is 26.4 Å². The van der Waals surface area contributed by atoms with Crippen LogP contribution in [0.25, 0.3) is 0 Å². The molecule has 1 aromatic heterocycles. The van der Waals surface area contributed by atoms with Crippen molar-refractivity contribution < 1.29 is 17.9 Å². The molecule has 1 aromatic carbocycles. The van der Waals surface area contributed by atoms with Crippen molar-refractivity contribution in [1.82, 2.24) is 9.78 Å². The number of anilines is 1. The summed E-state index contributed by atoms with van der Waals surface area (Å²) in [5.41, 5.74) is 0. The van der Waals surface area contributed by atoms with E-state index in [1.807, 2.05) is 0 Å². The molecular formula is C13H17N3O4S. The lowest BCUT2D eigenvalue weighted by molar-refractivity contribution is 0.146. The monoisotopic (exact) mass is 311 g/mol. The third kappa shape index (κ3) is 4.20. The number of nitrogens with zero attached hydrogens (tertiary/aromatic N) is 2. The van der Waals surface area contributed by atoms with Crippen LogP contribution in [0.15, 0.2) is 41.4 Å². The molecule has 0 saturated heterocycles. The molecule has 0 spiro atoms. The first-order valence-corrected chi connectivity index (χ1v) is 7.74. The van der Waals surface area contributed by atoms with Gasteiger partial charge in [0.15, 0.2) is 5.82 Å². The second-order valence-corrected chi connectivity index (χ2v) is 5.98. The van der Waals surface area contributed by atoms with Crippen molar-refractivity contribution in [3.05, 3.63) is 36.5 Å². The van der Waals surface area contributed by atoms with E-state index in [-0.39, 0.29) is 10.7 Å². The van der Waals surface area contributed by atoms with Crippen molar-refractivity contribution in [2.45, 2.75) is 4.90 Å². The van der Waals surface area contributed by atoms with Crippen molar-refractivity contribution in [3.8, 4) is 5.75 Å². The van der Waals surface area contributed by atoms with Crippen LogP contribution in [0.3, 0.4) is 0 Å². The van der Waals surface area contributed by atoms with Gasteiger partial charge < -0.3 is 9.47 Å². The second kappa shape index (κ2) is 6.59. The number of aryl methyl sites for hydroxylation is 1. The average molecular weight is 311 g/mol. The molecule has 0 atom stereocenters. The number of hydrogen-bond donors (Lipinski definition) is 1. The Hall–Kier alpha value is -2.06. The molecule has 0 aliphatic heterocycles. The lowest BCUT2D eigenvalue weighted by Crippen LogP contribution is -2.13. The highest BCUT2D eigenvalue weighted by molar-refractivity contribution is 7.92. The van der Waals surface area contributed by atoms with E-state index in [0.29, 0.717) is 19.0 Å². The Morgan fingerprint density at radius 2 is 1.90 bits per heavy atom. The van der Waals surface area contributed by atoms with E-state index in [1.165, 1.54) is 16.8 Å². The first-order chi connectivity index (χ1) is 10.0. The smallest absolute Gasteiger partial charge is 0.263 e. The van der Waals surface area contributed by atoms with Gasteiger partial charge in [0.1, 0.15) is 12.4 Å². The first-order valence-electron chi connectivity index (χ1n) is 6.25. The third-order valence-corrected chi connectivity index (χ3v) is 4.01. The van der Waals surface area contributed by atoms with E-state index in [2.05, 4.69) is 9.82 Å². The summed E-state index contributed by atoms with van der Waals surface area (Å²) in [6.07, 6.45) is 1.66. The van der Waals surface area contributed by atoms with Crippen LogP contribution in [0, 0.1) is 0 Å². The molecule has 7 nitrogen and oxygen atoms in total. The van der Waals surface area contributed by atoms with Gasteiger partial charge in [-0.05, 0) is 24.3 Å². The van der Waals surface area contributed by atoms with Gasteiger partial charge in [0.25, 0.3) is 10.0 Å². The maximum Gasteiger partial charge on any atom is 0.263 e. The number of methoxy groups -OCH3 is 1. The Kier molecular flexibility index (Phi) is 4.81. The molecule has 1 N–H and O–H groups in total. The van der Waals surface area contributed by atoms with Crippen molar-refractivity contribution in [1.29, 1.82) is 0 Å². The van der Waals surface area contributed by atoms with Crippen LogP contribution in [0.5, 0.6) is 5.75 Å². The molecule has 8 heteroatoms. The van der Waals surface area contributed by atoms with Crippen LogP contribution < -0.4 is 9.46 Å². The van der Waals surface area contributed by atoms with E-state index in [9.17, 15) is 8.42 Å². The standard InChI is InChI=1S/C13H17N3O4S/c1-16-8-7-13(14-16)15-21(17,18)12-5-3-11(4-6-12)20-10-9-19-2/h3-8H,9-10H2,1-2H3,(H,14,15). The number of rotatable bonds is 7. The van der Waals surface area contributed by atoms with Crippen LogP contribution >= 0.6 is 0 Å². The molecule has 0 bridgehead atoms. The summed E-state index contributed by atoms with van der Waals surface area (Å²) >= 11 is 0. The fourth-order valence-corrected chi connectivity index (χ4v) is 2.62. The van der Waals surface area contributed by atoms with Gasteiger partial charge in [-0.3, -0.25) is 9.40 Å². The number of aromatic nitrogens is 2. The third-order valence-electron chi connectivity index (χ3n) is 2.64. The van der Waals surface area contributed by atoms with Crippen LogP contribution in [0.4, 0.5) is 5.82 Å². The number of nitrogens with one attached hydrogen (secondary N) is 1. The van der Waals surface area contributed by atoms with Gasteiger partial charge >= 0.3 is 0 Å². The fourth-order valence-electron chi connectivity index (χ4n) is 1.62. The molecule has 2 aromatic rings.